The molecule has 1 atom stereocenters. The molecule has 1 aromatic rings. The van der Waals surface area contributed by atoms with E-state index in [0.29, 0.717) is 18.9 Å². The first kappa shape index (κ1) is 16.1. The van der Waals surface area contributed by atoms with Crippen molar-refractivity contribution in [2.24, 2.45) is 0 Å². The number of ether oxygens (including phenoxy) is 1. The van der Waals surface area contributed by atoms with Crippen molar-refractivity contribution in [2.45, 2.75) is 38.8 Å². The van der Waals surface area contributed by atoms with Gasteiger partial charge in [0.15, 0.2) is 0 Å². The second-order valence-corrected chi connectivity index (χ2v) is 6.26. The number of carbonyl (C=O) groups is 2. The molecule has 0 radical (unpaired) electrons. The van der Waals surface area contributed by atoms with E-state index < -0.39 is 17.7 Å². The van der Waals surface area contributed by atoms with Crippen LogP contribution in [0.15, 0.2) is 18.3 Å². The number of carboxylic acid groups (broad SMARTS) is 1. The van der Waals surface area contributed by atoms with Crippen LogP contribution in [0.5, 0.6) is 0 Å². The molecule has 1 aliphatic rings. The fraction of sp³-hybridized carbons (Fsp3) is 0.533. The smallest absolute Gasteiger partial charge is 0.407 e. The number of hydrogen-bond donors (Lipinski definition) is 2. The topological polar surface area (TPSA) is 91.8 Å². The van der Waals surface area contributed by atoms with Crippen molar-refractivity contribution in [1.29, 1.82) is 0 Å². The van der Waals surface area contributed by atoms with E-state index in [1.165, 1.54) is 6.07 Å². The molecule has 7 heteroatoms. The second kappa shape index (κ2) is 6.21. The lowest BCUT2D eigenvalue weighted by Crippen LogP contribution is -2.40. The average molecular weight is 307 g/mol. The van der Waals surface area contributed by atoms with Crippen molar-refractivity contribution < 1.29 is 19.4 Å². The van der Waals surface area contributed by atoms with Crippen LogP contribution in [0.3, 0.4) is 0 Å². The molecular formula is C15H21N3O4. The van der Waals surface area contributed by atoms with Gasteiger partial charge in [-0.15, -0.1) is 0 Å². The first-order valence-electron chi connectivity index (χ1n) is 7.19. The van der Waals surface area contributed by atoms with Crippen LogP contribution in [0, 0.1) is 0 Å². The lowest BCUT2D eigenvalue weighted by Gasteiger charge is -2.22. The van der Waals surface area contributed by atoms with Crippen LogP contribution in [0.4, 0.5) is 10.6 Å². The maximum absolute atomic E-state index is 11.8. The number of alkyl carbamates (subject to hydrolysis) is 1. The van der Waals surface area contributed by atoms with Crippen molar-refractivity contribution in [1.82, 2.24) is 10.3 Å². The molecule has 2 heterocycles. The van der Waals surface area contributed by atoms with Gasteiger partial charge in [-0.2, -0.15) is 0 Å². The number of rotatable bonds is 3. The van der Waals surface area contributed by atoms with Gasteiger partial charge in [0.25, 0.3) is 0 Å². The number of nitrogens with one attached hydrogen (secondary N) is 1. The number of amides is 1. The Labute approximate surface area is 129 Å². The average Bonchev–Trinajstić information content (AvgIpc) is 2.84. The van der Waals surface area contributed by atoms with Crippen molar-refractivity contribution in [2.75, 3.05) is 18.0 Å². The van der Waals surface area contributed by atoms with E-state index in [2.05, 4.69) is 10.3 Å². The zero-order valence-corrected chi connectivity index (χ0v) is 13.0. The van der Waals surface area contributed by atoms with Crippen LogP contribution in [-0.2, 0) is 4.74 Å². The molecular weight excluding hydrogens is 286 g/mol. The van der Waals surface area contributed by atoms with Gasteiger partial charge in [-0.25, -0.2) is 14.6 Å². The fourth-order valence-corrected chi connectivity index (χ4v) is 2.36. The van der Waals surface area contributed by atoms with E-state index in [4.69, 9.17) is 4.74 Å². The summed E-state index contributed by atoms with van der Waals surface area (Å²) < 4.78 is 5.22. The van der Waals surface area contributed by atoms with Crippen molar-refractivity contribution in [3.05, 3.63) is 23.9 Å². The van der Waals surface area contributed by atoms with Gasteiger partial charge in [-0.1, -0.05) is 0 Å². The number of anilines is 1. The number of nitrogens with zero attached hydrogens (tertiary/aromatic N) is 2. The summed E-state index contributed by atoms with van der Waals surface area (Å²) in [6.45, 7) is 6.57. The molecule has 0 aromatic carbocycles. The zero-order chi connectivity index (χ0) is 16.3. The van der Waals surface area contributed by atoms with Crippen LogP contribution in [0.25, 0.3) is 0 Å². The molecule has 22 heavy (non-hydrogen) atoms. The molecule has 2 rings (SSSR count). The van der Waals surface area contributed by atoms with E-state index in [-0.39, 0.29) is 11.6 Å². The Hall–Kier alpha value is -2.31. The van der Waals surface area contributed by atoms with Crippen LogP contribution >= 0.6 is 0 Å². The van der Waals surface area contributed by atoms with Gasteiger partial charge in [-0.05, 0) is 39.3 Å². The number of carbonyl (C=O) groups excluding carboxylic acids is 1. The van der Waals surface area contributed by atoms with Gasteiger partial charge in [0, 0.05) is 19.3 Å². The van der Waals surface area contributed by atoms with Crippen molar-refractivity contribution >= 4 is 17.9 Å². The highest BCUT2D eigenvalue weighted by atomic mass is 16.6. The molecule has 1 fully saturated rings. The highest BCUT2D eigenvalue weighted by molar-refractivity contribution is 5.93. The van der Waals surface area contributed by atoms with Crippen LogP contribution in [-0.4, -0.2) is 46.9 Å². The monoisotopic (exact) mass is 307 g/mol. The summed E-state index contributed by atoms with van der Waals surface area (Å²) in [7, 11) is 0. The van der Waals surface area contributed by atoms with E-state index in [1.54, 1.807) is 33.0 Å². The lowest BCUT2D eigenvalue weighted by atomic mass is 10.2. The third-order valence-electron chi connectivity index (χ3n) is 3.23. The largest absolute Gasteiger partial charge is 0.478 e. The molecule has 0 bridgehead atoms. The third-order valence-corrected chi connectivity index (χ3v) is 3.23. The molecule has 1 aliphatic heterocycles. The summed E-state index contributed by atoms with van der Waals surface area (Å²) in [5, 5.41) is 12.0. The molecule has 2 N–H and O–H groups in total. The molecule has 1 aromatic heterocycles. The summed E-state index contributed by atoms with van der Waals surface area (Å²) >= 11 is 0. The molecule has 1 unspecified atom stereocenters. The van der Waals surface area contributed by atoms with Gasteiger partial charge in [0.2, 0.25) is 0 Å². The van der Waals surface area contributed by atoms with Crippen molar-refractivity contribution in [3.8, 4) is 0 Å². The minimum Gasteiger partial charge on any atom is -0.478 e. The van der Waals surface area contributed by atoms with E-state index >= 15 is 0 Å². The predicted molar refractivity (Wildman–Crippen MR) is 81.2 cm³/mol. The molecule has 1 amide bonds. The highest BCUT2D eigenvalue weighted by Crippen LogP contribution is 2.22. The lowest BCUT2D eigenvalue weighted by molar-refractivity contribution is 0.0508. The molecule has 1 saturated heterocycles. The summed E-state index contributed by atoms with van der Waals surface area (Å²) in [4.78, 5) is 29.0. The van der Waals surface area contributed by atoms with Crippen LogP contribution < -0.4 is 10.2 Å². The number of aromatic nitrogens is 1. The minimum atomic E-state index is -1.01. The molecule has 0 aliphatic carbocycles. The standard InChI is InChI=1S/C15H21N3O4/c1-15(2,3)22-14(21)17-10-6-8-18(9-10)12-11(13(19)20)5-4-7-16-12/h4-5,7,10H,6,8-9H2,1-3H3,(H,17,21)(H,19,20). The summed E-state index contributed by atoms with van der Waals surface area (Å²) in [5.74, 6) is -0.574. The van der Waals surface area contributed by atoms with Crippen molar-refractivity contribution in [3.63, 3.8) is 0 Å². The fourth-order valence-electron chi connectivity index (χ4n) is 2.36. The Bertz CT molecular complexity index is 568. The minimum absolute atomic E-state index is 0.0847. The number of carboxylic acids is 1. The highest BCUT2D eigenvalue weighted by Gasteiger charge is 2.28. The normalized spacial score (nSPS) is 18.1. The van der Waals surface area contributed by atoms with Crippen LogP contribution in [0.1, 0.15) is 37.6 Å². The Kier molecular flexibility index (Phi) is 4.54. The predicted octanol–water partition coefficient (Wildman–Crippen LogP) is 1.88. The first-order valence-corrected chi connectivity index (χ1v) is 7.19. The molecule has 120 valence electrons. The number of aromatic carboxylic acids is 1. The van der Waals surface area contributed by atoms with Crippen LogP contribution in [0.2, 0.25) is 0 Å². The van der Waals surface area contributed by atoms with E-state index in [0.717, 1.165) is 6.42 Å². The number of pyridine rings is 1. The number of hydrogen-bond acceptors (Lipinski definition) is 5. The van der Waals surface area contributed by atoms with E-state index in [1.807, 2.05) is 4.90 Å². The summed E-state index contributed by atoms with van der Waals surface area (Å²) in [6.07, 6.45) is 1.82. The van der Waals surface area contributed by atoms with Gasteiger partial charge < -0.3 is 20.1 Å². The van der Waals surface area contributed by atoms with Gasteiger partial charge in [0.1, 0.15) is 17.0 Å². The molecule has 0 spiro atoms. The first-order chi connectivity index (χ1) is 10.3. The SMILES string of the molecule is CC(C)(C)OC(=O)NC1CCN(c2ncccc2C(=O)O)C1. The Morgan fingerprint density at radius 1 is 1.45 bits per heavy atom. The maximum Gasteiger partial charge on any atom is 0.407 e. The molecule has 7 nitrogen and oxygen atoms in total. The summed E-state index contributed by atoms with van der Waals surface area (Å²) in [6, 6.07) is 3.04. The van der Waals surface area contributed by atoms with Gasteiger partial charge in [-0.3, -0.25) is 0 Å². The van der Waals surface area contributed by atoms with Gasteiger partial charge >= 0.3 is 12.1 Å². The summed E-state index contributed by atoms with van der Waals surface area (Å²) in [5.41, 5.74) is -0.375. The molecule has 0 saturated carbocycles. The zero-order valence-electron chi connectivity index (χ0n) is 13.0. The van der Waals surface area contributed by atoms with Gasteiger partial charge in [0.05, 0.1) is 6.04 Å². The second-order valence-electron chi connectivity index (χ2n) is 6.26. The Balaban J connectivity index is 1.99. The Morgan fingerprint density at radius 3 is 2.82 bits per heavy atom. The quantitative estimate of drug-likeness (QED) is 0.886. The van der Waals surface area contributed by atoms with E-state index in [9.17, 15) is 14.7 Å². The maximum atomic E-state index is 11.8. The third kappa shape index (κ3) is 4.09. The Morgan fingerprint density at radius 2 is 2.18 bits per heavy atom.